The molecule has 0 bridgehead atoms. The van der Waals surface area contributed by atoms with Crippen LogP contribution in [0.5, 0.6) is 0 Å². The molecule has 0 aliphatic rings. The quantitative estimate of drug-likeness (QED) is 0.416. The van der Waals surface area contributed by atoms with Gasteiger partial charge < -0.3 is 20.8 Å². The average Bonchev–Trinajstić information content (AvgIpc) is 1.97. The van der Waals surface area contributed by atoms with Crippen LogP contribution in [-0.2, 0) is 0 Å². The minimum Gasteiger partial charge on any atom is -0.395 e. The summed E-state index contributed by atoms with van der Waals surface area (Å²) >= 11 is 0. The summed E-state index contributed by atoms with van der Waals surface area (Å²) in [6.45, 7) is 3.31. The van der Waals surface area contributed by atoms with Gasteiger partial charge in [-0.25, -0.2) is 0 Å². The molecule has 0 saturated heterocycles. The molecule has 0 aromatic rings. The molecule has 0 unspecified atom stereocenters. The highest BCUT2D eigenvalue weighted by molar-refractivity contribution is 5.85. The summed E-state index contributed by atoms with van der Waals surface area (Å²) in [5.41, 5.74) is 0. The molecule has 0 rings (SSSR count). The summed E-state index contributed by atoms with van der Waals surface area (Å²) in [5.74, 6) is 0. The summed E-state index contributed by atoms with van der Waals surface area (Å²) < 4.78 is 0. The Morgan fingerprint density at radius 3 is 1.25 bits per heavy atom. The van der Waals surface area contributed by atoms with Crippen molar-refractivity contribution in [3.63, 3.8) is 0 Å². The van der Waals surface area contributed by atoms with Gasteiger partial charge in [0.25, 0.3) is 0 Å². The van der Waals surface area contributed by atoms with Crippen molar-refractivity contribution in [2.45, 2.75) is 0 Å². The van der Waals surface area contributed by atoms with Crippen LogP contribution in [0.25, 0.3) is 0 Å². The fourth-order valence-corrected chi connectivity index (χ4v) is 0.585. The van der Waals surface area contributed by atoms with Gasteiger partial charge in [0, 0.05) is 26.2 Å². The number of aliphatic hydroxyl groups excluding tert-OH is 2. The molecule has 0 fully saturated rings. The van der Waals surface area contributed by atoms with E-state index in [0.717, 1.165) is 13.1 Å². The van der Waals surface area contributed by atoms with E-state index in [2.05, 4.69) is 10.6 Å². The van der Waals surface area contributed by atoms with Crippen molar-refractivity contribution in [3.8, 4) is 0 Å². The van der Waals surface area contributed by atoms with Gasteiger partial charge in [0.15, 0.2) is 0 Å². The average molecular weight is 221 g/mol. The Bertz CT molecular complexity index is 61.5. The molecule has 0 aromatic heterocycles. The first kappa shape index (κ1) is 18.3. The fraction of sp³-hybridized carbons (Fsp3) is 1.00. The Hall–Kier alpha value is 0.420. The maximum atomic E-state index is 8.35. The normalized spacial score (nSPS) is 8.50. The van der Waals surface area contributed by atoms with Gasteiger partial charge in [-0.15, -0.1) is 24.8 Å². The molecule has 0 atom stereocenters. The van der Waals surface area contributed by atoms with Crippen LogP contribution in [0.4, 0.5) is 0 Å². The van der Waals surface area contributed by atoms with E-state index in [1.54, 1.807) is 0 Å². The van der Waals surface area contributed by atoms with Gasteiger partial charge in [-0.2, -0.15) is 0 Å². The lowest BCUT2D eigenvalue weighted by Crippen LogP contribution is -2.30. The standard InChI is InChI=1S/C6H16N2O2.2ClH/c9-5-3-7-1-2-8-4-6-10;;/h7-10H,1-6H2;2*1H. The van der Waals surface area contributed by atoms with Crippen LogP contribution in [0, 0.1) is 0 Å². The maximum absolute atomic E-state index is 8.35. The molecular formula is C6H18Cl2N2O2. The Labute approximate surface area is 85.6 Å². The highest BCUT2D eigenvalue weighted by Gasteiger charge is 1.84. The van der Waals surface area contributed by atoms with Crippen molar-refractivity contribution in [1.82, 2.24) is 10.6 Å². The van der Waals surface area contributed by atoms with Crippen LogP contribution < -0.4 is 10.6 Å². The molecule has 0 amide bonds. The SMILES string of the molecule is Cl.Cl.OCCNCCNCCO. The number of nitrogens with one attached hydrogen (secondary N) is 2. The second-order valence-corrected chi connectivity index (χ2v) is 1.95. The number of hydrogen-bond donors (Lipinski definition) is 4. The second-order valence-electron chi connectivity index (χ2n) is 1.95. The van der Waals surface area contributed by atoms with Gasteiger partial charge in [0.1, 0.15) is 0 Å². The van der Waals surface area contributed by atoms with Gasteiger partial charge in [-0.05, 0) is 0 Å². The minimum atomic E-state index is 0. The Morgan fingerprint density at radius 1 is 0.667 bits per heavy atom. The molecule has 0 aliphatic carbocycles. The van der Waals surface area contributed by atoms with Crippen molar-refractivity contribution < 1.29 is 10.2 Å². The van der Waals surface area contributed by atoms with E-state index in [-0.39, 0.29) is 38.0 Å². The maximum Gasteiger partial charge on any atom is 0.0555 e. The monoisotopic (exact) mass is 220 g/mol. The van der Waals surface area contributed by atoms with E-state index in [0.29, 0.717) is 13.1 Å². The third kappa shape index (κ3) is 16.8. The summed E-state index contributed by atoms with van der Waals surface area (Å²) in [5, 5.41) is 22.7. The first-order valence-corrected chi connectivity index (χ1v) is 3.55. The largest absolute Gasteiger partial charge is 0.395 e. The topological polar surface area (TPSA) is 64.5 Å². The molecule has 4 N–H and O–H groups in total. The van der Waals surface area contributed by atoms with E-state index in [1.807, 2.05) is 0 Å². The fourth-order valence-electron chi connectivity index (χ4n) is 0.585. The van der Waals surface area contributed by atoms with Gasteiger partial charge in [-0.1, -0.05) is 0 Å². The van der Waals surface area contributed by atoms with E-state index >= 15 is 0 Å². The predicted octanol–water partition coefficient (Wildman–Crippen LogP) is -1.01. The van der Waals surface area contributed by atoms with Crippen LogP contribution in [0.2, 0.25) is 0 Å². The zero-order chi connectivity index (χ0) is 7.66. The molecule has 0 spiro atoms. The molecular weight excluding hydrogens is 203 g/mol. The van der Waals surface area contributed by atoms with E-state index < -0.39 is 0 Å². The number of rotatable bonds is 7. The molecule has 0 heterocycles. The lowest BCUT2D eigenvalue weighted by molar-refractivity contribution is 0.286. The van der Waals surface area contributed by atoms with Crippen LogP contribution in [0.1, 0.15) is 0 Å². The molecule has 0 radical (unpaired) electrons. The summed E-state index contributed by atoms with van der Waals surface area (Å²) in [7, 11) is 0. The van der Waals surface area contributed by atoms with Gasteiger partial charge in [0.2, 0.25) is 0 Å². The minimum absolute atomic E-state index is 0. The lowest BCUT2D eigenvalue weighted by atomic mass is 10.5. The van der Waals surface area contributed by atoms with Crippen LogP contribution in [-0.4, -0.2) is 49.6 Å². The van der Waals surface area contributed by atoms with Gasteiger partial charge in [-0.3, -0.25) is 0 Å². The Balaban J connectivity index is -0.000000405. The van der Waals surface area contributed by atoms with Crippen molar-refractivity contribution in [2.75, 3.05) is 39.4 Å². The predicted molar refractivity (Wildman–Crippen MR) is 54.4 cm³/mol. The van der Waals surface area contributed by atoms with E-state index in [9.17, 15) is 0 Å². The van der Waals surface area contributed by atoms with Crippen LogP contribution >= 0.6 is 24.8 Å². The zero-order valence-corrected chi connectivity index (χ0v) is 8.59. The molecule has 4 nitrogen and oxygen atoms in total. The number of hydrogen-bond acceptors (Lipinski definition) is 4. The molecule has 0 aromatic carbocycles. The van der Waals surface area contributed by atoms with Crippen molar-refractivity contribution >= 4 is 24.8 Å². The van der Waals surface area contributed by atoms with Crippen molar-refractivity contribution in [3.05, 3.63) is 0 Å². The third-order valence-corrected chi connectivity index (χ3v) is 1.06. The third-order valence-electron chi connectivity index (χ3n) is 1.06. The van der Waals surface area contributed by atoms with Crippen LogP contribution in [0.3, 0.4) is 0 Å². The second kappa shape index (κ2) is 17.5. The molecule has 78 valence electrons. The summed E-state index contributed by atoms with van der Waals surface area (Å²) in [6.07, 6.45) is 0. The number of aliphatic hydroxyl groups is 2. The molecule has 0 aliphatic heterocycles. The van der Waals surface area contributed by atoms with Gasteiger partial charge >= 0.3 is 0 Å². The highest BCUT2D eigenvalue weighted by Crippen LogP contribution is 1.59. The van der Waals surface area contributed by atoms with Crippen molar-refractivity contribution in [1.29, 1.82) is 0 Å². The first-order valence-electron chi connectivity index (χ1n) is 3.55. The highest BCUT2D eigenvalue weighted by atomic mass is 35.5. The summed E-state index contributed by atoms with van der Waals surface area (Å²) in [6, 6.07) is 0. The number of halogens is 2. The first-order chi connectivity index (χ1) is 4.91. The summed E-state index contributed by atoms with van der Waals surface area (Å²) in [4.78, 5) is 0. The van der Waals surface area contributed by atoms with E-state index in [4.69, 9.17) is 10.2 Å². The molecule has 6 heteroatoms. The zero-order valence-electron chi connectivity index (χ0n) is 6.95. The Morgan fingerprint density at radius 2 is 1.00 bits per heavy atom. The van der Waals surface area contributed by atoms with Crippen LogP contribution in [0.15, 0.2) is 0 Å². The smallest absolute Gasteiger partial charge is 0.0555 e. The lowest BCUT2D eigenvalue weighted by Gasteiger charge is -2.02. The molecule has 12 heavy (non-hydrogen) atoms. The molecule has 0 saturated carbocycles. The van der Waals surface area contributed by atoms with Crippen molar-refractivity contribution in [2.24, 2.45) is 0 Å². The Kier molecular flexibility index (Phi) is 26.6. The van der Waals surface area contributed by atoms with Gasteiger partial charge in [0.05, 0.1) is 13.2 Å². The van der Waals surface area contributed by atoms with E-state index in [1.165, 1.54) is 0 Å².